The number of likely N-dealkylation sites (tertiary alicyclic amines) is 1. The van der Waals surface area contributed by atoms with Crippen molar-refractivity contribution in [2.24, 2.45) is 5.41 Å². The molecule has 9 heteroatoms. The van der Waals surface area contributed by atoms with Gasteiger partial charge in [-0.1, -0.05) is 83.5 Å². The maximum atomic E-state index is 11.2. The molecule has 2 aliphatic heterocycles. The highest BCUT2D eigenvalue weighted by molar-refractivity contribution is 7.18. The van der Waals surface area contributed by atoms with E-state index in [9.17, 15) is 5.11 Å². The Morgan fingerprint density at radius 1 is 0.953 bits per heavy atom. The van der Waals surface area contributed by atoms with Gasteiger partial charge in [0.15, 0.2) is 0 Å². The van der Waals surface area contributed by atoms with Crippen LogP contribution in [0, 0.1) is 5.41 Å². The van der Waals surface area contributed by atoms with E-state index < -0.39 is 0 Å². The predicted octanol–water partition coefficient (Wildman–Crippen LogP) is 9.29. The number of phenolic OH excluding ortho intramolecular Hbond substituents is 1. The van der Waals surface area contributed by atoms with Gasteiger partial charge in [-0.25, -0.2) is 0 Å². The van der Waals surface area contributed by atoms with Gasteiger partial charge in [-0.05, 0) is 67.7 Å². The molecule has 2 N–H and O–H groups in total. The summed E-state index contributed by atoms with van der Waals surface area (Å²) in [7, 11) is 0. The second-order valence-corrected chi connectivity index (χ2v) is 13.2. The van der Waals surface area contributed by atoms with Crippen LogP contribution in [-0.4, -0.2) is 51.4 Å². The molecule has 0 aliphatic carbocycles. The second-order valence-electron chi connectivity index (χ2n) is 11.8. The van der Waals surface area contributed by atoms with Gasteiger partial charge in [0.05, 0.1) is 17.1 Å². The van der Waals surface area contributed by atoms with Crippen molar-refractivity contribution in [2.45, 2.75) is 66.7 Å². The fourth-order valence-electron chi connectivity index (χ4n) is 6.03. The van der Waals surface area contributed by atoms with Crippen LogP contribution in [-0.2, 0) is 5.41 Å². The van der Waals surface area contributed by atoms with Gasteiger partial charge in [-0.2, -0.15) is 0 Å². The Morgan fingerprint density at radius 3 is 2.30 bits per heavy atom. The molecule has 0 unspecified atom stereocenters. The van der Waals surface area contributed by atoms with E-state index in [1.54, 1.807) is 18.5 Å². The average molecular weight is 621 g/mol. The molecule has 0 amide bonds. The summed E-state index contributed by atoms with van der Waals surface area (Å²) in [6.07, 6.45) is 5.50. The third-order valence-corrected chi connectivity index (χ3v) is 8.87. The van der Waals surface area contributed by atoms with Crippen LogP contribution < -0.4 is 10.2 Å². The topological polar surface area (TPSA) is 77.4 Å². The Morgan fingerprint density at radius 2 is 1.63 bits per heavy atom. The van der Waals surface area contributed by atoms with Crippen molar-refractivity contribution in [1.82, 2.24) is 20.1 Å². The highest BCUT2D eigenvalue weighted by atomic mass is 35.5. The summed E-state index contributed by atoms with van der Waals surface area (Å²) in [5, 5.41) is 25.7. The molecule has 43 heavy (non-hydrogen) atoms. The standard InChI is InChI=1S/C30H33ClN6OS.2C2H6/c1-29(2,3)18-36-16-12-30(13-17-36)19-37(26-24(38)9-8-21(31)25(26)30)23-7-5-4-6-22(23)33-28-35-34-27(39-28)20-10-14-32-15-11-20;2*1-2/h4-11,14-15,38H,12-13,16-19H2,1-3H3,(H,33,35);2*1-2H3. The Labute approximate surface area is 266 Å². The van der Waals surface area contributed by atoms with E-state index in [0.717, 1.165) is 77.2 Å². The number of piperidine rings is 1. The van der Waals surface area contributed by atoms with Crippen LogP contribution in [0.15, 0.2) is 60.9 Å². The molecule has 4 aromatic rings. The number of benzene rings is 2. The largest absolute Gasteiger partial charge is 0.506 e. The minimum Gasteiger partial charge on any atom is -0.506 e. The third kappa shape index (κ3) is 7.14. The second kappa shape index (κ2) is 14.1. The summed E-state index contributed by atoms with van der Waals surface area (Å²) in [6, 6.07) is 15.6. The molecule has 0 saturated carbocycles. The van der Waals surface area contributed by atoms with Gasteiger partial charge in [-0.3, -0.25) is 4.98 Å². The molecule has 0 radical (unpaired) electrons. The van der Waals surface area contributed by atoms with Crippen molar-refractivity contribution in [3.8, 4) is 16.3 Å². The van der Waals surface area contributed by atoms with Crippen LogP contribution >= 0.6 is 22.9 Å². The number of nitrogens with one attached hydrogen (secondary N) is 1. The number of halogens is 1. The van der Waals surface area contributed by atoms with Crippen LogP contribution in [0.5, 0.6) is 5.75 Å². The first-order valence-corrected chi connectivity index (χ1v) is 16.5. The molecule has 2 aliphatic rings. The Balaban J connectivity index is 0.00000102. The highest BCUT2D eigenvalue weighted by Crippen LogP contribution is 2.56. The fourth-order valence-corrected chi connectivity index (χ4v) is 7.15. The Bertz CT molecular complexity index is 1480. The summed E-state index contributed by atoms with van der Waals surface area (Å²) < 4.78 is 0. The van der Waals surface area contributed by atoms with Crippen molar-refractivity contribution in [2.75, 3.05) is 36.4 Å². The quantitative estimate of drug-likeness (QED) is 0.230. The molecule has 6 rings (SSSR count). The molecule has 1 spiro atoms. The molecule has 2 aromatic heterocycles. The average Bonchev–Trinajstić information content (AvgIpc) is 3.62. The number of phenols is 1. The van der Waals surface area contributed by atoms with Crippen LogP contribution in [0.1, 0.15) is 66.9 Å². The number of pyridine rings is 1. The number of rotatable bonds is 5. The zero-order valence-corrected chi connectivity index (χ0v) is 28.1. The minimum atomic E-state index is -0.121. The van der Waals surface area contributed by atoms with Crippen LogP contribution in [0.2, 0.25) is 5.02 Å². The molecule has 2 aromatic carbocycles. The third-order valence-electron chi connectivity index (χ3n) is 7.67. The molecule has 1 fully saturated rings. The fraction of sp³-hybridized carbons (Fsp3) is 0.441. The minimum absolute atomic E-state index is 0.121. The van der Waals surface area contributed by atoms with E-state index in [-0.39, 0.29) is 16.6 Å². The lowest BCUT2D eigenvalue weighted by molar-refractivity contribution is 0.125. The maximum Gasteiger partial charge on any atom is 0.210 e. The lowest BCUT2D eigenvalue weighted by atomic mass is 9.74. The summed E-state index contributed by atoms with van der Waals surface area (Å²) in [6.45, 7) is 18.7. The van der Waals surface area contributed by atoms with E-state index in [2.05, 4.69) is 57.1 Å². The van der Waals surface area contributed by atoms with Gasteiger partial charge in [0.2, 0.25) is 5.13 Å². The van der Waals surface area contributed by atoms with Crippen molar-refractivity contribution in [3.63, 3.8) is 0 Å². The Kier molecular flexibility index (Phi) is 10.7. The van der Waals surface area contributed by atoms with E-state index in [0.29, 0.717) is 5.13 Å². The molecule has 4 heterocycles. The van der Waals surface area contributed by atoms with Gasteiger partial charge in [0.1, 0.15) is 10.8 Å². The van der Waals surface area contributed by atoms with Gasteiger partial charge in [-0.15, -0.1) is 10.2 Å². The summed E-state index contributed by atoms with van der Waals surface area (Å²) in [5.74, 6) is 0.258. The normalized spacial score (nSPS) is 15.7. The van der Waals surface area contributed by atoms with E-state index in [1.807, 2.05) is 64.1 Å². The molecule has 1 saturated heterocycles. The number of hydrogen-bond acceptors (Lipinski definition) is 8. The van der Waals surface area contributed by atoms with Crippen LogP contribution in [0.3, 0.4) is 0 Å². The number of fused-ring (bicyclic) bond motifs is 2. The smallest absolute Gasteiger partial charge is 0.210 e. The number of nitrogens with zero attached hydrogens (tertiary/aromatic N) is 5. The van der Waals surface area contributed by atoms with E-state index in [4.69, 9.17) is 11.6 Å². The molecular weight excluding hydrogens is 576 g/mol. The zero-order valence-electron chi connectivity index (χ0n) is 26.5. The van der Waals surface area contributed by atoms with Crippen molar-refractivity contribution < 1.29 is 5.11 Å². The Hall–Kier alpha value is -3.20. The highest BCUT2D eigenvalue weighted by Gasteiger charge is 2.48. The van der Waals surface area contributed by atoms with Crippen molar-refractivity contribution >= 4 is 45.1 Å². The zero-order chi connectivity index (χ0) is 31.2. The number of aromatic hydroxyl groups is 1. The van der Waals surface area contributed by atoms with E-state index in [1.165, 1.54) is 11.3 Å². The van der Waals surface area contributed by atoms with Crippen LogP contribution in [0.25, 0.3) is 10.6 Å². The van der Waals surface area contributed by atoms with E-state index >= 15 is 0 Å². The lowest BCUT2D eigenvalue weighted by Crippen LogP contribution is -2.46. The maximum absolute atomic E-state index is 11.2. The first kappa shape index (κ1) is 32.7. The van der Waals surface area contributed by atoms with Crippen molar-refractivity contribution in [3.05, 3.63) is 71.5 Å². The number of hydrogen-bond donors (Lipinski definition) is 2. The first-order chi connectivity index (χ1) is 20.7. The first-order valence-electron chi connectivity index (χ1n) is 15.3. The number of aromatic nitrogens is 3. The van der Waals surface area contributed by atoms with Gasteiger partial charge < -0.3 is 20.2 Å². The summed E-state index contributed by atoms with van der Waals surface area (Å²) in [5.41, 5.74) is 4.89. The predicted molar refractivity (Wildman–Crippen MR) is 182 cm³/mol. The molecule has 230 valence electrons. The SMILES string of the molecule is CC.CC.CC(C)(C)CN1CCC2(CC1)CN(c1ccccc1Nc1nnc(-c3ccncc3)s1)c1c(O)ccc(Cl)c12. The summed E-state index contributed by atoms with van der Waals surface area (Å²) >= 11 is 8.40. The number of para-hydroxylation sites is 2. The van der Waals surface area contributed by atoms with Gasteiger partial charge in [0, 0.05) is 47.0 Å². The van der Waals surface area contributed by atoms with Crippen molar-refractivity contribution in [1.29, 1.82) is 0 Å². The van der Waals surface area contributed by atoms with Crippen LogP contribution in [0.4, 0.5) is 22.2 Å². The molecule has 0 bridgehead atoms. The van der Waals surface area contributed by atoms with Gasteiger partial charge in [0.25, 0.3) is 0 Å². The van der Waals surface area contributed by atoms with Gasteiger partial charge >= 0.3 is 0 Å². The lowest BCUT2D eigenvalue weighted by Gasteiger charge is -2.42. The molecular formula is C34H45ClN6OS. The molecule has 7 nitrogen and oxygen atoms in total. The summed E-state index contributed by atoms with van der Waals surface area (Å²) in [4.78, 5) is 8.90. The monoisotopic (exact) mass is 620 g/mol. The molecule has 0 atom stereocenters. The number of anilines is 4.